The number of aromatic nitrogens is 1. The molecule has 1 amide bonds. The van der Waals surface area contributed by atoms with E-state index in [4.69, 9.17) is 10.5 Å². The molecule has 104 valence electrons. The van der Waals surface area contributed by atoms with Gasteiger partial charge >= 0.3 is 0 Å². The summed E-state index contributed by atoms with van der Waals surface area (Å²) in [5.41, 5.74) is 8.51. The fourth-order valence-corrected chi connectivity index (χ4v) is 2.03. The van der Waals surface area contributed by atoms with Crippen molar-refractivity contribution in [2.45, 2.75) is 13.8 Å². The van der Waals surface area contributed by atoms with Gasteiger partial charge in [-0.2, -0.15) is 0 Å². The van der Waals surface area contributed by atoms with Gasteiger partial charge in [-0.25, -0.2) is 4.98 Å². The molecule has 1 heterocycles. The van der Waals surface area contributed by atoms with Gasteiger partial charge in [-0.15, -0.1) is 0 Å². The summed E-state index contributed by atoms with van der Waals surface area (Å²) >= 11 is 0. The van der Waals surface area contributed by atoms with E-state index in [-0.39, 0.29) is 11.7 Å². The topological polar surface area (TPSA) is 77.2 Å². The maximum atomic E-state index is 12.3. The molecule has 5 nitrogen and oxygen atoms in total. The van der Waals surface area contributed by atoms with E-state index in [2.05, 4.69) is 10.3 Å². The fourth-order valence-electron chi connectivity index (χ4n) is 2.03. The first-order chi connectivity index (χ1) is 9.51. The highest BCUT2D eigenvalue weighted by atomic mass is 16.5. The lowest BCUT2D eigenvalue weighted by Gasteiger charge is -2.11. The standard InChI is InChI=1S/C15H17N3O2/c1-9-8-10(2)17-14(16)13(9)15(19)18-11-4-6-12(20-3)7-5-11/h4-8H,1-3H3,(H2,16,17)(H,18,19). The van der Waals surface area contributed by atoms with Gasteiger partial charge in [-0.05, 0) is 49.7 Å². The highest BCUT2D eigenvalue weighted by Gasteiger charge is 2.14. The minimum atomic E-state index is -0.266. The number of methoxy groups -OCH3 is 1. The van der Waals surface area contributed by atoms with Crippen molar-refractivity contribution >= 4 is 17.4 Å². The number of nitrogens with zero attached hydrogens (tertiary/aromatic N) is 1. The maximum Gasteiger partial charge on any atom is 0.259 e. The van der Waals surface area contributed by atoms with Gasteiger partial charge in [0.25, 0.3) is 5.91 Å². The molecule has 0 aliphatic carbocycles. The molecule has 0 spiro atoms. The average Bonchev–Trinajstić information content (AvgIpc) is 2.38. The predicted octanol–water partition coefficient (Wildman–Crippen LogP) is 2.54. The third-order valence-corrected chi connectivity index (χ3v) is 2.95. The number of aryl methyl sites for hydroxylation is 2. The number of benzene rings is 1. The molecule has 2 aromatic rings. The minimum absolute atomic E-state index is 0.244. The van der Waals surface area contributed by atoms with Crippen molar-refractivity contribution in [3.63, 3.8) is 0 Å². The molecular formula is C15H17N3O2. The third kappa shape index (κ3) is 2.88. The second-order valence-electron chi connectivity index (χ2n) is 4.52. The van der Waals surface area contributed by atoms with Crippen molar-refractivity contribution in [1.29, 1.82) is 0 Å². The lowest BCUT2D eigenvalue weighted by Crippen LogP contribution is -2.17. The lowest BCUT2D eigenvalue weighted by atomic mass is 10.1. The number of amides is 1. The van der Waals surface area contributed by atoms with Crippen molar-refractivity contribution < 1.29 is 9.53 Å². The molecule has 3 N–H and O–H groups in total. The van der Waals surface area contributed by atoms with Crippen LogP contribution in [0.4, 0.5) is 11.5 Å². The van der Waals surface area contributed by atoms with Gasteiger partial charge in [0.1, 0.15) is 11.6 Å². The van der Waals surface area contributed by atoms with Crippen LogP contribution in [0.5, 0.6) is 5.75 Å². The normalized spacial score (nSPS) is 10.2. The van der Waals surface area contributed by atoms with Gasteiger partial charge in [0.15, 0.2) is 0 Å². The summed E-state index contributed by atoms with van der Waals surface area (Å²) in [5, 5.41) is 2.80. The number of nitrogens with one attached hydrogen (secondary N) is 1. The SMILES string of the molecule is COc1ccc(NC(=O)c2c(C)cc(C)nc2N)cc1. The van der Waals surface area contributed by atoms with E-state index in [1.54, 1.807) is 31.4 Å². The minimum Gasteiger partial charge on any atom is -0.497 e. The third-order valence-electron chi connectivity index (χ3n) is 2.95. The molecule has 0 saturated carbocycles. The molecule has 1 aromatic carbocycles. The molecular weight excluding hydrogens is 254 g/mol. The maximum absolute atomic E-state index is 12.3. The van der Waals surface area contributed by atoms with Crippen molar-refractivity contribution in [1.82, 2.24) is 4.98 Å². The van der Waals surface area contributed by atoms with Gasteiger partial charge in [0, 0.05) is 11.4 Å². The Morgan fingerprint density at radius 1 is 1.25 bits per heavy atom. The molecule has 0 aliphatic rings. The van der Waals surface area contributed by atoms with Crippen LogP contribution in [0.2, 0.25) is 0 Å². The molecule has 1 aromatic heterocycles. The van der Waals surface area contributed by atoms with Gasteiger partial charge in [-0.3, -0.25) is 4.79 Å². The zero-order chi connectivity index (χ0) is 14.7. The first kappa shape index (κ1) is 13.9. The Bertz CT molecular complexity index is 613. The number of ether oxygens (including phenoxy) is 1. The molecule has 0 saturated heterocycles. The van der Waals surface area contributed by atoms with Crippen LogP contribution in [-0.4, -0.2) is 18.0 Å². The number of hydrogen-bond acceptors (Lipinski definition) is 4. The summed E-state index contributed by atoms with van der Waals surface area (Å²) < 4.78 is 5.07. The first-order valence-electron chi connectivity index (χ1n) is 6.20. The Kier molecular flexibility index (Phi) is 3.89. The Balaban J connectivity index is 2.23. The lowest BCUT2D eigenvalue weighted by molar-refractivity contribution is 0.102. The highest BCUT2D eigenvalue weighted by molar-refractivity contribution is 6.08. The zero-order valence-corrected chi connectivity index (χ0v) is 11.7. The molecule has 0 radical (unpaired) electrons. The average molecular weight is 271 g/mol. The Morgan fingerprint density at radius 3 is 2.45 bits per heavy atom. The van der Waals surface area contributed by atoms with Crippen LogP contribution in [0.15, 0.2) is 30.3 Å². The number of rotatable bonds is 3. The number of carbonyl (C=O) groups is 1. The Labute approximate surface area is 117 Å². The first-order valence-corrected chi connectivity index (χ1v) is 6.20. The molecule has 0 bridgehead atoms. The quantitative estimate of drug-likeness (QED) is 0.899. The second kappa shape index (κ2) is 5.61. The van der Waals surface area contributed by atoms with Gasteiger partial charge in [0.05, 0.1) is 12.7 Å². The van der Waals surface area contributed by atoms with E-state index in [1.165, 1.54) is 0 Å². The molecule has 5 heteroatoms. The molecule has 0 aliphatic heterocycles. The van der Waals surface area contributed by atoms with E-state index in [1.807, 2.05) is 19.9 Å². The van der Waals surface area contributed by atoms with Crippen LogP contribution >= 0.6 is 0 Å². The smallest absolute Gasteiger partial charge is 0.259 e. The number of nitrogen functional groups attached to an aromatic ring is 1. The largest absolute Gasteiger partial charge is 0.497 e. The summed E-state index contributed by atoms with van der Waals surface area (Å²) in [6.07, 6.45) is 0. The van der Waals surface area contributed by atoms with E-state index < -0.39 is 0 Å². The second-order valence-corrected chi connectivity index (χ2v) is 4.52. The number of anilines is 2. The molecule has 0 fully saturated rings. The Hall–Kier alpha value is -2.56. The molecule has 2 rings (SSSR count). The van der Waals surface area contributed by atoms with Gasteiger partial charge in [0.2, 0.25) is 0 Å². The van der Waals surface area contributed by atoms with E-state index in [9.17, 15) is 4.79 Å². The van der Waals surface area contributed by atoms with E-state index in [0.717, 1.165) is 17.0 Å². The van der Waals surface area contributed by atoms with Crippen molar-refractivity contribution in [2.24, 2.45) is 0 Å². The van der Waals surface area contributed by atoms with Crippen LogP contribution in [0.3, 0.4) is 0 Å². The van der Waals surface area contributed by atoms with Crippen LogP contribution in [0.1, 0.15) is 21.6 Å². The highest BCUT2D eigenvalue weighted by Crippen LogP contribution is 2.19. The van der Waals surface area contributed by atoms with E-state index in [0.29, 0.717) is 11.3 Å². The van der Waals surface area contributed by atoms with Crippen LogP contribution in [0.25, 0.3) is 0 Å². The van der Waals surface area contributed by atoms with Crippen LogP contribution in [-0.2, 0) is 0 Å². The van der Waals surface area contributed by atoms with Crippen molar-refractivity contribution in [3.8, 4) is 5.75 Å². The summed E-state index contributed by atoms with van der Waals surface area (Å²) in [7, 11) is 1.59. The van der Waals surface area contributed by atoms with E-state index >= 15 is 0 Å². The summed E-state index contributed by atoms with van der Waals surface area (Å²) in [6, 6.07) is 8.92. The number of carbonyl (C=O) groups excluding carboxylic acids is 1. The van der Waals surface area contributed by atoms with Crippen molar-refractivity contribution in [3.05, 3.63) is 47.2 Å². The molecule has 20 heavy (non-hydrogen) atoms. The molecule has 0 atom stereocenters. The molecule has 0 unspecified atom stereocenters. The number of pyridine rings is 1. The van der Waals surface area contributed by atoms with Gasteiger partial charge < -0.3 is 15.8 Å². The number of hydrogen-bond donors (Lipinski definition) is 2. The Morgan fingerprint density at radius 2 is 1.90 bits per heavy atom. The summed E-state index contributed by atoms with van der Waals surface area (Å²) in [5.74, 6) is 0.710. The number of nitrogens with two attached hydrogens (primary N) is 1. The summed E-state index contributed by atoms with van der Waals surface area (Å²) in [6.45, 7) is 3.68. The van der Waals surface area contributed by atoms with Crippen LogP contribution in [0, 0.1) is 13.8 Å². The van der Waals surface area contributed by atoms with Crippen molar-refractivity contribution in [2.75, 3.05) is 18.2 Å². The van der Waals surface area contributed by atoms with Crippen LogP contribution < -0.4 is 15.8 Å². The zero-order valence-electron chi connectivity index (χ0n) is 11.7. The van der Waals surface area contributed by atoms with Gasteiger partial charge in [-0.1, -0.05) is 0 Å². The predicted molar refractivity (Wildman–Crippen MR) is 79.1 cm³/mol. The monoisotopic (exact) mass is 271 g/mol. The summed E-state index contributed by atoms with van der Waals surface area (Å²) in [4.78, 5) is 16.4. The fraction of sp³-hybridized carbons (Fsp3) is 0.200.